The van der Waals surface area contributed by atoms with Crippen molar-refractivity contribution in [2.45, 2.75) is 11.3 Å². The highest BCUT2D eigenvalue weighted by atomic mass is 32.2. The lowest BCUT2D eigenvalue weighted by Gasteiger charge is -2.17. The van der Waals surface area contributed by atoms with Gasteiger partial charge in [0.05, 0.1) is 12.0 Å². The second kappa shape index (κ2) is 7.85. The molecule has 0 spiro atoms. The second-order valence-corrected chi connectivity index (χ2v) is 8.90. The average molecular weight is 410 g/mol. The Kier molecular flexibility index (Phi) is 5.25. The van der Waals surface area contributed by atoms with E-state index in [1.165, 1.54) is 0 Å². The summed E-state index contributed by atoms with van der Waals surface area (Å²) >= 11 is 0. The number of hydrogen-bond donors (Lipinski definition) is 1. The molecule has 0 radical (unpaired) electrons. The fraction of sp³-hybridized carbons (Fsp3) is 0.227. The Morgan fingerprint density at radius 1 is 1.03 bits per heavy atom. The highest BCUT2D eigenvalue weighted by Gasteiger charge is 2.31. The zero-order chi connectivity index (χ0) is 20.4. The van der Waals surface area contributed by atoms with Gasteiger partial charge in [0.25, 0.3) is 0 Å². The molecule has 1 aliphatic heterocycles. The van der Waals surface area contributed by atoms with E-state index >= 15 is 0 Å². The number of carbonyl (C=O) groups excluding carboxylic acids is 1. The summed E-state index contributed by atoms with van der Waals surface area (Å²) in [6, 6.07) is 20.0. The molecule has 0 aromatic heterocycles. The van der Waals surface area contributed by atoms with Gasteiger partial charge >= 0.3 is 0 Å². The van der Waals surface area contributed by atoms with Gasteiger partial charge in [-0.25, -0.2) is 13.1 Å². The van der Waals surface area contributed by atoms with E-state index < -0.39 is 10.0 Å². The van der Waals surface area contributed by atoms with Crippen LogP contribution < -0.4 is 14.4 Å². The molecule has 1 unspecified atom stereocenters. The molecule has 1 amide bonds. The Morgan fingerprint density at radius 2 is 1.76 bits per heavy atom. The molecule has 1 atom stereocenters. The minimum Gasteiger partial charge on any atom is -0.497 e. The van der Waals surface area contributed by atoms with Crippen molar-refractivity contribution < 1.29 is 17.9 Å². The molecular formula is C22H22N2O4S. The first-order chi connectivity index (χ1) is 14.0. The third-order valence-corrected chi connectivity index (χ3v) is 6.60. The van der Waals surface area contributed by atoms with Gasteiger partial charge < -0.3 is 9.64 Å². The Bertz CT molecular complexity index is 1140. The van der Waals surface area contributed by atoms with Gasteiger partial charge in [-0.3, -0.25) is 4.79 Å². The van der Waals surface area contributed by atoms with Crippen molar-refractivity contribution >= 4 is 32.4 Å². The van der Waals surface area contributed by atoms with E-state index in [2.05, 4.69) is 4.72 Å². The van der Waals surface area contributed by atoms with Crippen LogP contribution in [0.1, 0.15) is 6.42 Å². The van der Waals surface area contributed by atoms with Crippen LogP contribution in [-0.2, 0) is 14.8 Å². The van der Waals surface area contributed by atoms with E-state index in [4.69, 9.17) is 4.74 Å². The maximum absolute atomic E-state index is 12.7. The third-order valence-electron chi connectivity index (χ3n) is 5.18. The van der Waals surface area contributed by atoms with E-state index in [9.17, 15) is 13.2 Å². The topological polar surface area (TPSA) is 75.7 Å². The number of nitrogens with one attached hydrogen (secondary N) is 1. The van der Waals surface area contributed by atoms with Crippen molar-refractivity contribution in [3.63, 3.8) is 0 Å². The van der Waals surface area contributed by atoms with Crippen LogP contribution in [0.2, 0.25) is 0 Å². The van der Waals surface area contributed by atoms with Crippen LogP contribution in [0, 0.1) is 5.92 Å². The molecule has 6 nitrogen and oxygen atoms in total. The lowest BCUT2D eigenvalue weighted by atomic mass is 10.1. The first-order valence-electron chi connectivity index (χ1n) is 9.39. The fourth-order valence-corrected chi connectivity index (χ4v) is 4.73. The summed E-state index contributed by atoms with van der Waals surface area (Å²) in [5.74, 6) is 0.630. The van der Waals surface area contributed by atoms with E-state index in [-0.39, 0.29) is 23.3 Å². The molecule has 3 aromatic carbocycles. The third kappa shape index (κ3) is 4.11. The number of sulfonamides is 1. The van der Waals surface area contributed by atoms with Crippen LogP contribution in [0.3, 0.4) is 0 Å². The SMILES string of the molecule is COc1ccc(N2CC(CNS(=O)(=O)c3ccc4ccccc4c3)CC2=O)cc1. The molecule has 0 aliphatic carbocycles. The summed E-state index contributed by atoms with van der Waals surface area (Å²) in [6.45, 7) is 0.693. The predicted molar refractivity (Wildman–Crippen MR) is 113 cm³/mol. The van der Waals surface area contributed by atoms with Gasteiger partial charge in [-0.05, 0) is 53.1 Å². The Labute approximate surface area is 170 Å². The van der Waals surface area contributed by atoms with Crippen LogP contribution in [0.5, 0.6) is 5.75 Å². The summed E-state index contributed by atoms with van der Waals surface area (Å²) in [5.41, 5.74) is 0.788. The maximum atomic E-state index is 12.7. The quantitative estimate of drug-likeness (QED) is 0.677. The standard InChI is InChI=1S/C22H22N2O4S/c1-28-20-9-7-19(8-10-20)24-15-16(12-22(24)25)14-23-29(26,27)21-11-6-17-4-2-3-5-18(17)13-21/h2-11,13,16,23H,12,14-15H2,1H3. The lowest BCUT2D eigenvalue weighted by Crippen LogP contribution is -2.31. The fourth-order valence-electron chi connectivity index (χ4n) is 3.58. The second-order valence-electron chi connectivity index (χ2n) is 7.13. The Morgan fingerprint density at radius 3 is 2.48 bits per heavy atom. The summed E-state index contributed by atoms with van der Waals surface area (Å²) in [7, 11) is -2.05. The van der Waals surface area contributed by atoms with Crippen molar-refractivity contribution in [2.24, 2.45) is 5.92 Å². The van der Waals surface area contributed by atoms with E-state index in [1.807, 2.05) is 36.4 Å². The van der Waals surface area contributed by atoms with Crippen LogP contribution in [0.15, 0.2) is 71.6 Å². The van der Waals surface area contributed by atoms with Crippen molar-refractivity contribution in [3.05, 3.63) is 66.7 Å². The molecule has 150 valence electrons. The Balaban J connectivity index is 1.43. The molecule has 1 heterocycles. The average Bonchev–Trinajstić information content (AvgIpc) is 3.12. The number of carbonyl (C=O) groups is 1. The van der Waals surface area contributed by atoms with Crippen LogP contribution in [0.4, 0.5) is 5.69 Å². The molecule has 0 saturated carbocycles. The summed E-state index contributed by atoms with van der Waals surface area (Å²) in [4.78, 5) is 14.3. The minimum atomic E-state index is -3.64. The molecule has 1 N–H and O–H groups in total. The van der Waals surface area contributed by atoms with E-state index in [0.29, 0.717) is 13.0 Å². The van der Waals surface area contributed by atoms with Crippen molar-refractivity contribution in [2.75, 3.05) is 25.1 Å². The van der Waals surface area contributed by atoms with Gasteiger partial charge in [0.15, 0.2) is 0 Å². The highest BCUT2D eigenvalue weighted by molar-refractivity contribution is 7.89. The molecular weight excluding hydrogens is 388 g/mol. The number of rotatable bonds is 6. The normalized spacial score (nSPS) is 17.1. The number of nitrogens with zero attached hydrogens (tertiary/aromatic N) is 1. The number of methoxy groups -OCH3 is 1. The molecule has 0 bridgehead atoms. The molecule has 1 saturated heterocycles. The van der Waals surface area contributed by atoms with Crippen molar-refractivity contribution in [1.29, 1.82) is 0 Å². The van der Waals surface area contributed by atoms with E-state index in [1.54, 1.807) is 42.3 Å². The summed E-state index contributed by atoms with van der Waals surface area (Å²) in [5, 5.41) is 1.86. The summed E-state index contributed by atoms with van der Waals surface area (Å²) < 4.78 is 33.2. The molecule has 4 rings (SSSR count). The maximum Gasteiger partial charge on any atom is 0.240 e. The monoisotopic (exact) mass is 410 g/mol. The number of ether oxygens (including phenoxy) is 1. The smallest absolute Gasteiger partial charge is 0.240 e. The molecule has 1 fully saturated rings. The zero-order valence-corrected chi connectivity index (χ0v) is 16.9. The number of hydrogen-bond acceptors (Lipinski definition) is 4. The number of amides is 1. The van der Waals surface area contributed by atoms with Gasteiger partial charge in [-0.15, -0.1) is 0 Å². The summed E-state index contributed by atoms with van der Waals surface area (Å²) in [6.07, 6.45) is 0.312. The Hall–Kier alpha value is -2.90. The van der Waals surface area contributed by atoms with Gasteiger partial charge in [0.2, 0.25) is 15.9 Å². The number of benzene rings is 3. The number of anilines is 1. The number of fused-ring (bicyclic) bond motifs is 1. The first kappa shape index (κ1) is 19.4. The van der Waals surface area contributed by atoms with Crippen LogP contribution in [0.25, 0.3) is 10.8 Å². The van der Waals surface area contributed by atoms with E-state index in [0.717, 1.165) is 22.2 Å². The van der Waals surface area contributed by atoms with Gasteiger partial charge in [0, 0.05) is 25.2 Å². The highest BCUT2D eigenvalue weighted by Crippen LogP contribution is 2.27. The van der Waals surface area contributed by atoms with Crippen LogP contribution in [-0.4, -0.2) is 34.5 Å². The molecule has 29 heavy (non-hydrogen) atoms. The van der Waals surface area contributed by atoms with Crippen LogP contribution >= 0.6 is 0 Å². The zero-order valence-electron chi connectivity index (χ0n) is 16.0. The molecule has 7 heteroatoms. The first-order valence-corrected chi connectivity index (χ1v) is 10.9. The lowest BCUT2D eigenvalue weighted by molar-refractivity contribution is -0.117. The largest absolute Gasteiger partial charge is 0.497 e. The van der Waals surface area contributed by atoms with Crippen molar-refractivity contribution in [1.82, 2.24) is 4.72 Å². The van der Waals surface area contributed by atoms with Gasteiger partial charge in [-0.2, -0.15) is 0 Å². The molecule has 3 aromatic rings. The van der Waals surface area contributed by atoms with Gasteiger partial charge in [-0.1, -0.05) is 30.3 Å². The molecule has 1 aliphatic rings. The van der Waals surface area contributed by atoms with Gasteiger partial charge in [0.1, 0.15) is 5.75 Å². The predicted octanol–water partition coefficient (Wildman–Crippen LogP) is 3.18. The minimum absolute atomic E-state index is 0.00919. The van der Waals surface area contributed by atoms with Crippen molar-refractivity contribution in [3.8, 4) is 5.75 Å².